The van der Waals surface area contributed by atoms with Crippen LogP contribution in [-0.4, -0.2) is 98.4 Å². The van der Waals surface area contributed by atoms with Gasteiger partial charge in [-0.1, -0.05) is 0 Å². The van der Waals surface area contributed by atoms with Crippen LogP contribution < -0.4 is 21.2 Å². The van der Waals surface area contributed by atoms with E-state index in [9.17, 15) is 24.4 Å². The third-order valence-electron chi connectivity index (χ3n) is 6.26. The Labute approximate surface area is 229 Å². The summed E-state index contributed by atoms with van der Waals surface area (Å²) >= 11 is 0. The second kappa shape index (κ2) is 12.3. The zero-order chi connectivity index (χ0) is 29.1. The molecule has 0 radical (unpaired) electrons. The number of imidazole rings is 1. The highest BCUT2D eigenvalue weighted by Crippen LogP contribution is 2.43. The summed E-state index contributed by atoms with van der Waals surface area (Å²) in [7, 11) is -4.07. The number of carbonyl (C=O) groups excluding carboxylic acids is 2. The van der Waals surface area contributed by atoms with Gasteiger partial charge in [0.1, 0.15) is 30.9 Å². The van der Waals surface area contributed by atoms with Crippen LogP contribution in [0, 0.1) is 0 Å². The highest BCUT2D eigenvalue weighted by atomic mass is 31.2. The fourth-order valence-corrected chi connectivity index (χ4v) is 5.42. The predicted molar refractivity (Wildman–Crippen MR) is 140 cm³/mol. The number of nitrogens with one attached hydrogen (secondary N) is 3. The number of nitrogens with two attached hydrogens (primary N) is 1. The number of hydrogen-bond acceptors (Lipinski definition) is 14. The summed E-state index contributed by atoms with van der Waals surface area (Å²) in [5.74, 6) is -0.971. The van der Waals surface area contributed by atoms with E-state index in [2.05, 4.69) is 30.4 Å². The van der Waals surface area contributed by atoms with Crippen molar-refractivity contribution in [2.24, 2.45) is 0 Å². The normalized spacial score (nSPS) is 24.8. The van der Waals surface area contributed by atoms with Crippen molar-refractivity contribution in [1.29, 1.82) is 0 Å². The van der Waals surface area contributed by atoms with E-state index >= 15 is 0 Å². The zero-order valence-corrected chi connectivity index (χ0v) is 23.3. The second-order valence-corrected chi connectivity index (χ2v) is 11.5. The molecule has 0 amide bonds. The molecule has 18 heteroatoms. The molecule has 0 unspecified atom stereocenters. The smallest absolute Gasteiger partial charge is 0.341 e. The SMILES string of the molecule is CCOC(=O)CNP(=O)(NCC(=O)OCC)OC[C@H]1O[C@@H](n2cnc3c(NC4CC4)nc(N)nc32)[C@](C)(O)[C@@H]1O. The number of aromatic nitrogens is 4. The van der Waals surface area contributed by atoms with Crippen LogP contribution in [0.15, 0.2) is 6.33 Å². The van der Waals surface area contributed by atoms with Crippen LogP contribution >= 0.6 is 7.67 Å². The summed E-state index contributed by atoms with van der Waals surface area (Å²) in [6, 6.07) is 0.266. The molecule has 2 aromatic rings. The van der Waals surface area contributed by atoms with E-state index < -0.39 is 63.3 Å². The summed E-state index contributed by atoms with van der Waals surface area (Å²) in [6.07, 6.45) is -0.520. The van der Waals surface area contributed by atoms with Gasteiger partial charge in [0.05, 0.1) is 26.1 Å². The first kappa shape index (κ1) is 30.0. The van der Waals surface area contributed by atoms with Gasteiger partial charge in [-0.3, -0.25) is 18.7 Å². The molecular formula is C22H35N8O9P. The third kappa shape index (κ3) is 6.86. The minimum Gasteiger partial charge on any atom is -0.465 e. The largest absolute Gasteiger partial charge is 0.465 e. The van der Waals surface area contributed by atoms with Gasteiger partial charge in [0.25, 0.3) is 0 Å². The van der Waals surface area contributed by atoms with Crippen molar-refractivity contribution >= 4 is 42.5 Å². The van der Waals surface area contributed by atoms with Crippen molar-refractivity contribution in [1.82, 2.24) is 29.7 Å². The van der Waals surface area contributed by atoms with E-state index in [0.717, 1.165) is 12.8 Å². The number of hydrogen-bond donors (Lipinski definition) is 6. The number of nitrogens with zero attached hydrogens (tertiary/aromatic N) is 4. The second-order valence-electron chi connectivity index (χ2n) is 9.50. The minimum atomic E-state index is -4.07. The maximum absolute atomic E-state index is 13.4. The van der Waals surface area contributed by atoms with Gasteiger partial charge in [-0.25, -0.2) is 15.2 Å². The van der Waals surface area contributed by atoms with E-state index in [4.69, 9.17) is 24.5 Å². The quantitative estimate of drug-likeness (QED) is 0.120. The first-order valence-corrected chi connectivity index (χ1v) is 14.5. The number of nitrogen functional groups attached to an aromatic ring is 1. The first-order chi connectivity index (χ1) is 19.0. The Bertz CT molecular complexity index is 1240. The van der Waals surface area contributed by atoms with E-state index in [-0.39, 0.29) is 30.9 Å². The number of esters is 2. The Kier molecular flexibility index (Phi) is 9.24. The van der Waals surface area contributed by atoms with Crippen molar-refractivity contribution in [3.8, 4) is 0 Å². The highest BCUT2D eigenvalue weighted by Gasteiger charge is 2.54. The number of fused-ring (bicyclic) bond motifs is 1. The van der Waals surface area contributed by atoms with E-state index in [0.29, 0.717) is 11.3 Å². The van der Waals surface area contributed by atoms with Crippen LogP contribution in [0.3, 0.4) is 0 Å². The summed E-state index contributed by atoms with van der Waals surface area (Å²) in [5, 5.41) is 30.2. The number of ether oxygens (including phenoxy) is 3. The molecule has 1 saturated heterocycles. The van der Waals surface area contributed by atoms with Crippen LogP contribution in [0.25, 0.3) is 11.2 Å². The minimum absolute atomic E-state index is 0.0169. The van der Waals surface area contributed by atoms with Crippen molar-refractivity contribution in [2.45, 2.75) is 63.7 Å². The van der Waals surface area contributed by atoms with Crippen LogP contribution in [-0.2, 0) is 32.9 Å². The Morgan fingerprint density at radius 2 is 1.82 bits per heavy atom. The van der Waals surface area contributed by atoms with Gasteiger partial charge in [-0.15, -0.1) is 0 Å². The average Bonchev–Trinajstić information content (AvgIpc) is 3.57. The molecule has 1 aliphatic heterocycles. The molecule has 1 aliphatic carbocycles. The van der Waals surface area contributed by atoms with Gasteiger partial charge in [-0.2, -0.15) is 9.97 Å². The third-order valence-corrected chi connectivity index (χ3v) is 7.92. The van der Waals surface area contributed by atoms with Crippen molar-refractivity contribution < 1.29 is 43.1 Å². The molecule has 222 valence electrons. The molecule has 17 nitrogen and oxygen atoms in total. The highest BCUT2D eigenvalue weighted by molar-refractivity contribution is 7.54. The molecule has 0 bridgehead atoms. The summed E-state index contributed by atoms with van der Waals surface area (Å²) in [6.45, 7) is 3.32. The topological polar surface area (TPSA) is 234 Å². The van der Waals surface area contributed by atoms with Gasteiger partial charge in [0.2, 0.25) is 5.95 Å². The monoisotopic (exact) mass is 586 g/mol. The van der Waals surface area contributed by atoms with Crippen molar-refractivity contribution in [3.63, 3.8) is 0 Å². The van der Waals surface area contributed by atoms with E-state index in [1.807, 2.05) is 0 Å². The molecule has 1 saturated carbocycles. The van der Waals surface area contributed by atoms with Crippen LogP contribution in [0.1, 0.15) is 39.8 Å². The molecule has 2 aromatic heterocycles. The van der Waals surface area contributed by atoms with Crippen LogP contribution in [0.2, 0.25) is 0 Å². The maximum Gasteiger partial charge on any atom is 0.341 e. The molecule has 40 heavy (non-hydrogen) atoms. The lowest BCUT2D eigenvalue weighted by molar-refractivity contribution is -0.142. The molecule has 2 fully saturated rings. The standard InChI is InChI=1S/C22H35N8O9P/c1-4-36-14(31)8-25-40(35,26-9-15(32)37-5-2)38-10-13-17(33)22(3,34)20(39-13)30-11-24-16-18(27-12-6-7-12)28-21(23)29-19(16)30/h11-13,17,20,33-34H,4-10H2,1-3H3,(H2,25,26,35)(H3,23,27,28,29)/t13-,17-,20-,22-/m1/s1. The fraction of sp³-hybridized carbons (Fsp3) is 0.682. The van der Waals surface area contributed by atoms with Crippen LogP contribution in [0.5, 0.6) is 0 Å². The molecule has 2 aliphatic rings. The fourth-order valence-electron chi connectivity index (χ4n) is 4.09. The zero-order valence-electron chi connectivity index (χ0n) is 22.4. The number of rotatable bonds is 14. The van der Waals surface area contributed by atoms with E-state index in [1.54, 1.807) is 13.8 Å². The lowest BCUT2D eigenvalue weighted by Crippen LogP contribution is -2.44. The molecule has 0 spiro atoms. The molecule has 3 heterocycles. The molecular weight excluding hydrogens is 551 g/mol. The predicted octanol–water partition coefficient (Wildman–Crippen LogP) is -0.578. The molecule has 4 rings (SSSR count). The van der Waals surface area contributed by atoms with Gasteiger partial charge in [0.15, 0.2) is 23.2 Å². The number of aliphatic hydroxyl groups is 2. The lowest BCUT2D eigenvalue weighted by Gasteiger charge is -2.27. The van der Waals surface area contributed by atoms with Gasteiger partial charge >= 0.3 is 19.6 Å². The van der Waals surface area contributed by atoms with Crippen molar-refractivity contribution in [2.75, 3.05) is 44.0 Å². The Morgan fingerprint density at radius 1 is 1.20 bits per heavy atom. The molecule has 4 atom stereocenters. The summed E-state index contributed by atoms with van der Waals surface area (Å²) in [4.78, 5) is 36.5. The van der Waals surface area contributed by atoms with Crippen molar-refractivity contribution in [3.05, 3.63) is 6.33 Å². The van der Waals surface area contributed by atoms with Crippen LogP contribution in [0.4, 0.5) is 11.8 Å². The summed E-state index contributed by atoms with van der Waals surface area (Å²) < 4.78 is 35.9. The lowest BCUT2D eigenvalue weighted by atomic mass is 9.96. The maximum atomic E-state index is 13.4. The van der Waals surface area contributed by atoms with Gasteiger partial charge < -0.3 is 40.0 Å². The first-order valence-electron chi connectivity index (χ1n) is 12.9. The van der Waals surface area contributed by atoms with Gasteiger partial charge in [-0.05, 0) is 33.6 Å². The molecule has 0 aromatic carbocycles. The number of anilines is 2. The Hall–Kier alpha value is -2.92. The molecule has 7 N–H and O–H groups in total. The number of carbonyl (C=O) groups is 2. The summed E-state index contributed by atoms with van der Waals surface area (Å²) in [5.41, 5.74) is 4.73. The number of aliphatic hydroxyl groups excluding tert-OH is 1. The average molecular weight is 587 g/mol. The van der Waals surface area contributed by atoms with Gasteiger partial charge in [0, 0.05) is 6.04 Å². The Balaban J connectivity index is 1.50. The Morgan fingerprint density at radius 3 is 2.40 bits per heavy atom. The van der Waals surface area contributed by atoms with E-state index in [1.165, 1.54) is 17.8 Å².